The van der Waals surface area contributed by atoms with Crippen molar-refractivity contribution in [3.05, 3.63) is 35.9 Å². The van der Waals surface area contributed by atoms with E-state index in [4.69, 9.17) is 0 Å². The predicted molar refractivity (Wildman–Crippen MR) is 52.4 cm³/mol. The monoisotopic (exact) mass is 210 g/mol. The molecule has 0 aromatic heterocycles. The molecule has 0 aliphatic carbocycles. The summed E-state index contributed by atoms with van der Waals surface area (Å²) in [5.74, 6) is -0.436. The summed E-state index contributed by atoms with van der Waals surface area (Å²) < 4.78 is 16.4. The van der Waals surface area contributed by atoms with Crippen LogP contribution in [0, 0.1) is 0 Å². The van der Waals surface area contributed by atoms with E-state index >= 15 is 0 Å². The zero-order valence-corrected chi connectivity index (χ0v) is 8.49. The Morgan fingerprint density at radius 1 is 1.20 bits per heavy atom. The first-order valence-electron chi connectivity index (χ1n) is 4.42. The maximum Gasteiger partial charge on any atom is 0.496 e. The maximum absolute atomic E-state index is 12.1. The molecule has 0 spiro atoms. The molecule has 0 heterocycles. The van der Waals surface area contributed by atoms with Crippen LogP contribution in [0.25, 0.3) is 0 Å². The van der Waals surface area contributed by atoms with Crippen LogP contribution in [-0.4, -0.2) is 17.6 Å². The number of ether oxygens (including phenoxy) is 1. The first-order valence-corrected chi connectivity index (χ1v) is 4.42. The molecule has 1 aromatic carbocycles. The van der Waals surface area contributed by atoms with E-state index in [1.807, 2.05) is 0 Å². The molecular formula is C11H11FO3. The molecule has 3 nitrogen and oxygen atoms in total. The van der Waals surface area contributed by atoms with Crippen molar-refractivity contribution < 1.29 is 18.7 Å². The number of halogens is 1. The van der Waals surface area contributed by atoms with Gasteiger partial charge in [-0.15, -0.1) is 4.39 Å². The zero-order chi connectivity index (χ0) is 11.5. The molecular weight excluding hydrogens is 199 g/mol. The number of carbonyl (C=O) groups excluding carboxylic acids is 2. The van der Waals surface area contributed by atoms with Crippen LogP contribution in [0.5, 0.6) is 0 Å². The first kappa shape index (κ1) is 11.4. The lowest BCUT2D eigenvalue weighted by molar-refractivity contribution is 0.0218. The molecule has 0 saturated heterocycles. The molecule has 0 bridgehead atoms. The number of benzene rings is 1. The molecule has 0 radical (unpaired) electrons. The zero-order valence-electron chi connectivity index (χ0n) is 8.49. The Labute approximate surface area is 86.9 Å². The molecule has 0 saturated carbocycles. The number of carbonyl (C=O) groups is 2. The van der Waals surface area contributed by atoms with Gasteiger partial charge in [-0.2, -0.15) is 0 Å². The minimum atomic E-state index is -1.95. The lowest BCUT2D eigenvalue weighted by Gasteiger charge is -2.21. The van der Waals surface area contributed by atoms with Crippen molar-refractivity contribution in [2.75, 3.05) is 0 Å². The second-order valence-corrected chi connectivity index (χ2v) is 3.55. The summed E-state index contributed by atoms with van der Waals surface area (Å²) >= 11 is 0. The fourth-order valence-corrected chi connectivity index (χ4v) is 1.18. The topological polar surface area (TPSA) is 43.4 Å². The van der Waals surface area contributed by atoms with Crippen molar-refractivity contribution in [2.24, 2.45) is 0 Å². The van der Waals surface area contributed by atoms with E-state index in [0.29, 0.717) is 5.56 Å². The summed E-state index contributed by atoms with van der Waals surface area (Å²) in [6.45, 7) is 2.69. The van der Waals surface area contributed by atoms with Crippen molar-refractivity contribution in [2.45, 2.75) is 19.4 Å². The molecule has 0 atom stereocenters. The average molecular weight is 210 g/mol. The molecule has 0 N–H and O–H groups in total. The molecule has 80 valence electrons. The third-order valence-electron chi connectivity index (χ3n) is 1.92. The highest BCUT2D eigenvalue weighted by atomic mass is 19.1. The van der Waals surface area contributed by atoms with E-state index < -0.39 is 17.6 Å². The second-order valence-electron chi connectivity index (χ2n) is 3.55. The number of ketones is 1. The van der Waals surface area contributed by atoms with Crippen molar-refractivity contribution in [3.63, 3.8) is 0 Å². The summed E-state index contributed by atoms with van der Waals surface area (Å²) in [7, 11) is 0. The Kier molecular flexibility index (Phi) is 3.19. The number of hydrogen-bond acceptors (Lipinski definition) is 3. The van der Waals surface area contributed by atoms with Crippen molar-refractivity contribution >= 4 is 12.0 Å². The number of rotatable bonds is 3. The van der Waals surface area contributed by atoms with Gasteiger partial charge in [0.05, 0.1) is 0 Å². The molecule has 1 rings (SSSR count). The van der Waals surface area contributed by atoms with Crippen LogP contribution >= 0.6 is 0 Å². The second kappa shape index (κ2) is 4.21. The van der Waals surface area contributed by atoms with Crippen LogP contribution < -0.4 is 0 Å². The summed E-state index contributed by atoms with van der Waals surface area (Å²) in [6.07, 6.45) is -1.95. The summed E-state index contributed by atoms with van der Waals surface area (Å²) in [5.41, 5.74) is -1.10. The standard InChI is InChI=1S/C11H11FO3/c1-11(2,15-10(12)14)9(13)8-6-4-3-5-7-8/h3-7H,1-2H3. The van der Waals surface area contributed by atoms with Crippen molar-refractivity contribution in [3.8, 4) is 0 Å². The van der Waals surface area contributed by atoms with E-state index in [1.54, 1.807) is 30.3 Å². The molecule has 0 aliphatic rings. The number of Topliss-reactive ketones (excluding diaryl/α,β-unsaturated/α-hetero) is 1. The van der Waals surface area contributed by atoms with Crippen LogP contribution in [-0.2, 0) is 4.74 Å². The highest BCUT2D eigenvalue weighted by Gasteiger charge is 2.32. The number of hydrogen-bond donors (Lipinski definition) is 0. The predicted octanol–water partition coefficient (Wildman–Crippen LogP) is 2.75. The van der Waals surface area contributed by atoms with E-state index in [9.17, 15) is 14.0 Å². The fraction of sp³-hybridized carbons (Fsp3) is 0.273. The third kappa shape index (κ3) is 2.87. The normalized spacial score (nSPS) is 10.9. The van der Waals surface area contributed by atoms with Crippen LogP contribution in [0.4, 0.5) is 9.18 Å². The Hall–Kier alpha value is -1.71. The maximum atomic E-state index is 12.1. The fourth-order valence-electron chi connectivity index (χ4n) is 1.18. The highest BCUT2D eigenvalue weighted by Crippen LogP contribution is 2.17. The van der Waals surface area contributed by atoms with E-state index in [0.717, 1.165) is 0 Å². The minimum Gasteiger partial charge on any atom is -0.426 e. The van der Waals surface area contributed by atoms with Gasteiger partial charge in [0.15, 0.2) is 5.60 Å². The van der Waals surface area contributed by atoms with E-state index in [1.165, 1.54) is 13.8 Å². The Morgan fingerprint density at radius 3 is 2.20 bits per heavy atom. The summed E-state index contributed by atoms with van der Waals surface area (Å²) in [6, 6.07) is 8.28. The van der Waals surface area contributed by atoms with Gasteiger partial charge in [-0.05, 0) is 13.8 Å². The molecule has 0 aliphatic heterocycles. The molecule has 0 unspecified atom stereocenters. The Balaban J connectivity index is 2.89. The summed E-state index contributed by atoms with van der Waals surface area (Å²) in [5, 5.41) is 0. The lowest BCUT2D eigenvalue weighted by atomic mass is 9.97. The Morgan fingerprint density at radius 2 is 1.73 bits per heavy atom. The van der Waals surface area contributed by atoms with E-state index in [2.05, 4.69) is 4.74 Å². The highest BCUT2D eigenvalue weighted by molar-refractivity contribution is 6.02. The van der Waals surface area contributed by atoms with Crippen molar-refractivity contribution in [1.82, 2.24) is 0 Å². The van der Waals surface area contributed by atoms with Crippen LogP contribution in [0.3, 0.4) is 0 Å². The first-order chi connectivity index (χ1) is 6.93. The van der Waals surface area contributed by atoms with Gasteiger partial charge in [-0.25, -0.2) is 4.79 Å². The van der Waals surface area contributed by atoms with Gasteiger partial charge < -0.3 is 4.74 Å². The van der Waals surface area contributed by atoms with Gasteiger partial charge in [0, 0.05) is 5.56 Å². The summed E-state index contributed by atoms with van der Waals surface area (Å²) in [4.78, 5) is 21.9. The minimum absolute atomic E-state index is 0.378. The van der Waals surface area contributed by atoms with Gasteiger partial charge in [0.1, 0.15) is 0 Å². The van der Waals surface area contributed by atoms with Crippen LogP contribution in [0.2, 0.25) is 0 Å². The third-order valence-corrected chi connectivity index (χ3v) is 1.92. The van der Waals surface area contributed by atoms with Gasteiger partial charge in [0.2, 0.25) is 5.78 Å². The van der Waals surface area contributed by atoms with Gasteiger partial charge in [-0.3, -0.25) is 4.79 Å². The SMILES string of the molecule is CC(C)(OC(=O)F)C(=O)c1ccccc1. The molecule has 0 amide bonds. The molecule has 15 heavy (non-hydrogen) atoms. The van der Waals surface area contributed by atoms with Crippen molar-refractivity contribution in [1.29, 1.82) is 0 Å². The molecule has 0 fully saturated rings. The molecule has 1 aromatic rings. The van der Waals surface area contributed by atoms with Gasteiger partial charge in [0.25, 0.3) is 0 Å². The van der Waals surface area contributed by atoms with Crippen LogP contribution in [0.15, 0.2) is 30.3 Å². The molecule has 4 heteroatoms. The van der Waals surface area contributed by atoms with Gasteiger partial charge >= 0.3 is 6.22 Å². The van der Waals surface area contributed by atoms with Crippen LogP contribution in [0.1, 0.15) is 24.2 Å². The lowest BCUT2D eigenvalue weighted by Crippen LogP contribution is -2.36. The largest absolute Gasteiger partial charge is 0.496 e. The quantitative estimate of drug-likeness (QED) is 0.569. The van der Waals surface area contributed by atoms with Gasteiger partial charge in [-0.1, -0.05) is 30.3 Å². The smallest absolute Gasteiger partial charge is 0.426 e. The average Bonchev–Trinajstić information content (AvgIpc) is 2.16. The Bertz CT molecular complexity index is 371. The van der Waals surface area contributed by atoms with E-state index in [-0.39, 0.29) is 0 Å².